The van der Waals surface area contributed by atoms with E-state index in [2.05, 4.69) is 26.3 Å². The van der Waals surface area contributed by atoms with Gasteiger partial charge in [0, 0.05) is 12.4 Å². The average Bonchev–Trinajstić information content (AvgIpc) is 2.35. The van der Waals surface area contributed by atoms with E-state index in [9.17, 15) is 4.79 Å². The second-order valence-electron chi connectivity index (χ2n) is 3.47. The SMILES string of the molecule is NNc1ccnc(Cn2cccc(Br)c2=O)c1. The second kappa shape index (κ2) is 5.11. The Morgan fingerprint density at radius 2 is 2.29 bits per heavy atom. The Kier molecular flexibility index (Phi) is 3.55. The minimum absolute atomic E-state index is 0.0830. The van der Waals surface area contributed by atoms with Gasteiger partial charge in [0.1, 0.15) is 0 Å². The van der Waals surface area contributed by atoms with Crippen LogP contribution in [0.2, 0.25) is 0 Å². The van der Waals surface area contributed by atoms with E-state index in [4.69, 9.17) is 5.84 Å². The molecule has 0 bridgehead atoms. The lowest BCUT2D eigenvalue weighted by Gasteiger charge is -2.06. The van der Waals surface area contributed by atoms with E-state index in [-0.39, 0.29) is 5.56 Å². The van der Waals surface area contributed by atoms with Crippen LogP contribution in [0.5, 0.6) is 0 Å². The Hall–Kier alpha value is -1.66. The normalized spacial score (nSPS) is 10.2. The number of nitrogens with one attached hydrogen (secondary N) is 1. The van der Waals surface area contributed by atoms with Crippen LogP contribution in [-0.4, -0.2) is 9.55 Å². The molecule has 0 aliphatic carbocycles. The van der Waals surface area contributed by atoms with E-state index in [1.54, 1.807) is 41.2 Å². The summed E-state index contributed by atoms with van der Waals surface area (Å²) in [6.07, 6.45) is 3.37. The molecule has 5 nitrogen and oxygen atoms in total. The molecule has 0 fully saturated rings. The molecule has 0 radical (unpaired) electrons. The number of hydrogen-bond donors (Lipinski definition) is 2. The Morgan fingerprint density at radius 1 is 1.47 bits per heavy atom. The van der Waals surface area contributed by atoms with Crippen molar-refractivity contribution in [3.8, 4) is 0 Å². The van der Waals surface area contributed by atoms with Gasteiger partial charge in [-0.3, -0.25) is 15.6 Å². The summed E-state index contributed by atoms with van der Waals surface area (Å²) in [5.41, 5.74) is 3.99. The van der Waals surface area contributed by atoms with Crippen LogP contribution in [0.15, 0.2) is 45.9 Å². The van der Waals surface area contributed by atoms with E-state index in [1.165, 1.54) is 0 Å². The number of halogens is 1. The fourth-order valence-corrected chi connectivity index (χ4v) is 1.84. The first kappa shape index (κ1) is 11.8. The fourth-order valence-electron chi connectivity index (χ4n) is 1.46. The van der Waals surface area contributed by atoms with Crippen molar-refractivity contribution < 1.29 is 0 Å². The average molecular weight is 295 g/mol. The highest BCUT2D eigenvalue weighted by Crippen LogP contribution is 2.07. The van der Waals surface area contributed by atoms with Gasteiger partial charge in [-0.2, -0.15) is 0 Å². The van der Waals surface area contributed by atoms with Gasteiger partial charge >= 0.3 is 0 Å². The molecule has 0 spiro atoms. The summed E-state index contributed by atoms with van der Waals surface area (Å²) in [6, 6.07) is 7.07. The molecule has 0 aliphatic rings. The van der Waals surface area contributed by atoms with Gasteiger partial charge in [-0.1, -0.05) is 0 Å². The van der Waals surface area contributed by atoms with E-state index < -0.39 is 0 Å². The number of nitrogen functional groups attached to an aromatic ring is 1. The number of hydrogen-bond acceptors (Lipinski definition) is 4. The van der Waals surface area contributed by atoms with Crippen molar-refractivity contribution in [2.24, 2.45) is 5.84 Å². The largest absolute Gasteiger partial charge is 0.324 e. The lowest BCUT2D eigenvalue weighted by molar-refractivity contribution is 0.736. The second-order valence-corrected chi connectivity index (χ2v) is 4.32. The number of rotatable bonds is 3. The summed E-state index contributed by atoms with van der Waals surface area (Å²) in [4.78, 5) is 16.0. The summed E-state index contributed by atoms with van der Waals surface area (Å²) in [6.45, 7) is 0.411. The lowest BCUT2D eigenvalue weighted by atomic mass is 10.3. The van der Waals surface area contributed by atoms with Gasteiger partial charge in [-0.25, -0.2) is 0 Å². The summed E-state index contributed by atoms with van der Waals surface area (Å²) >= 11 is 3.20. The number of anilines is 1. The van der Waals surface area contributed by atoms with Gasteiger partial charge < -0.3 is 9.99 Å². The molecule has 3 N–H and O–H groups in total. The highest BCUT2D eigenvalue weighted by Gasteiger charge is 2.02. The highest BCUT2D eigenvalue weighted by molar-refractivity contribution is 9.10. The monoisotopic (exact) mass is 294 g/mol. The van der Waals surface area contributed by atoms with E-state index >= 15 is 0 Å². The predicted octanol–water partition coefficient (Wildman–Crippen LogP) is 1.34. The summed E-state index contributed by atoms with van der Waals surface area (Å²) in [5.74, 6) is 5.31. The van der Waals surface area contributed by atoms with Crippen LogP contribution in [0.4, 0.5) is 5.69 Å². The molecule has 2 aromatic rings. The summed E-state index contributed by atoms with van der Waals surface area (Å²) < 4.78 is 2.11. The number of nitrogens with two attached hydrogens (primary N) is 1. The maximum atomic E-state index is 11.8. The first-order valence-electron chi connectivity index (χ1n) is 4.97. The summed E-state index contributed by atoms with van der Waals surface area (Å²) in [5, 5.41) is 0. The molecule has 0 aromatic carbocycles. The smallest absolute Gasteiger partial charge is 0.265 e. The molecule has 2 rings (SSSR count). The third-order valence-electron chi connectivity index (χ3n) is 2.29. The van der Waals surface area contributed by atoms with Crippen LogP contribution in [0, 0.1) is 0 Å². The molecule has 0 aliphatic heterocycles. The number of pyridine rings is 2. The van der Waals surface area contributed by atoms with Crippen LogP contribution in [-0.2, 0) is 6.54 Å². The quantitative estimate of drug-likeness (QED) is 0.662. The van der Waals surface area contributed by atoms with Crippen LogP contribution >= 0.6 is 15.9 Å². The van der Waals surface area contributed by atoms with Gasteiger partial charge in [-0.05, 0) is 40.2 Å². The van der Waals surface area contributed by atoms with Crippen LogP contribution in [0.1, 0.15) is 5.69 Å². The van der Waals surface area contributed by atoms with Crippen LogP contribution in [0.3, 0.4) is 0 Å². The number of aromatic nitrogens is 2. The standard InChI is InChI=1S/C11H11BrN4O/c12-10-2-1-5-16(11(10)17)7-9-6-8(15-13)3-4-14-9/h1-6H,7,13H2,(H,14,15). The van der Waals surface area contributed by atoms with Crippen molar-refractivity contribution in [1.82, 2.24) is 9.55 Å². The van der Waals surface area contributed by atoms with E-state index in [0.29, 0.717) is 11.0 Å². The van der Waals surface area contributed by atoms with Crippen molar-refractivity contribution in [3.63, 3.8) is 0 Å². The van der Waals surface area contributed by atoms with Crippen molar-refractivity contribution in [3.05, 3.63) is 57.2 Å². The Balaban J connectivity index is 2.31. The Labute approximate surface area is 106 Å². The molecule has 88 valence electrons. The number of hydrazine groups is 1. The topological polar surface area (TPSA) is 72.9 Å². The first-order chi connectivity index (χ1) is 8.20. The first-order valence-corrected chi connectivity index (χ1v) is 5.76. The van der Waals surface area contributed by atoms with Crippen molar-refractivity contribution >= 4 is 21.6 Å². The fraction of sp³-hybridized carbons (Fsp3) is 0.0909. The third-order valence-corrected chi connectivity index (χ3v) is 2.89. The molecule has 0 saturated heterocycles. The molecule has 0 atom stereocenters. The van der Waals surface area contributed by atoms with Crippen molar-refractivity contribution in [2.45, 2.75) is 6.54 Å². The predicted molar refractivity (Wildman–Crippen MR) is 69.6 cm³/mol. The van der Waals surface area contributed by atoms with Gasteiger partial charge in [0.15, 0.2) is 0 Å². The van der Waals surface area contributed by atoms with Gasteiger partial charge in [-0.15, -0.1) is 0 Å². The molecule has 2 aromatic heterocycles. The molecule has 2 heterocycles. The number of nitrogens with zero attached hydrogens (tertiary/aromatic N) is 2. The maximum Gasteiger partial charge on any atom is 0.265 e. The van der Waals surface area contributed by atoms with Gasteiger partial charge in [0.05, 0.1) is 22.4 Å². The van der Waals surface area contributed by atoms with Gasteiger partial charge in [0.2, 0.25) is 0 Å². The van der Waals surface area contributed by atoms with Crippen LogP contribution in [0.25, 0.3) is 0 Å². The Morgan fingerprint density at radius 3 is 3.06 bits per heavy atom. The zero-order valence-electron chi connectivity index (χ0n) is 8.93. The molecule has 0 unspecified atom stereocenters. The highest BCUT2D eigenvalue weighted by atomic mass is 79.9. The van der Waals surface area contributed by atoms with Crippen molar-refractivity contribution in [2.75, 3.05) is 5.43 Å². The lowest BCUT2D eigenvalue weighted by Crippen LogP contribution is -2.20. The summed E-state index contributed by atoms with van der Waals surface area (Å²) in [7, 11) is 0. The van der Waals surface area contributed by atoms with Gasteiger partial charge in [0.25, 0.3) is 5.56 Å². The van der Waals surface area contributed by atoms with E-state index in [0.717, 1.165) is 11.4 Å². The Bertz CT molecular complexity index is 582. The molecule has 6 heteroatoms. The molecule has 0 saturated carbocycles. The maximum absolute atomic E-state index is 11.8. The minimum Gasteiger partial charge on any atom is -0.324 e. The zero-order chi connectivity index (χ0) is 12.3. The zero-order valence-corrected chi connectivity index (χ0v) is 10.5. The van der Waals surface area contributed by atoms with Crippen molar-refractivity contribution in [1.29, 1.82) is 0 Å². The molecular weight excluding hydrogens is 284 g/mol. The molecular formula is C11H11BrN4O. The molecule has 0 amide bonds. The minimum atomic E-state index is -0.0830. The molecule has 17 heavy (non-hydrogen) atoms. The van der Waals surface area contributed by atoms with Crippen LogP contribution < -0.4 is 16.8 Å². The third kappa shape index (κ3) is 2.72. The van der Waals surface area contributed by atoms with E-state index in [1.807, 2.05) is 0 Å².